The lowest BCUT2D eigenvalue weighted by atomic mass is 10.0. The fourth-order valence-corrected chi connectivity index (χ4v) is 5.10. The van der Waals surface area contributed by atoms with Crippen LogP contribution in [0.25, 0.3) is 10.8 Å². The zero-order valence-corrected chi connectivity index (χ0v) is 19.6. The second-order valence-electron chi connectivity index (χ2n) is 9.12. The van der Waals surface area contributed by atoms with Gasteiger partial charge in [0.15, 0.2) is 0 Å². The van der Waals surface area contributed by atoms with Crippen molar-refractivity contribution in [2.24, 2.45) is 0 Å². The molecule has 8 heteroatoms. The molecule has 0 N–H and O–H groups in total. The molecule has 3 aromatic rings. The quantitative estimate of drug-likeness (QED) is 0.466. The summed E-state index contributed by atoms with van der Waals surface area (Å²) in [6.45, 7) is 3.16. The van der Waals surface area contributed by atoms with Gasteiger partial charge in [-0.05, 0) is 48.9 Å². The number of carbonyl (C=O) groups excluding carboxylic acids is 1. The molecule has 0 aromatic heterocycles. The first-order chi connectivity index (χ1) is 16.8. The Labute approximate surface area is 202 Å². The predicted octanol–water partition coefficient (Wildman–Crippen LogP) is 5.47. The van der Waals surface area contributed by atoms with Crippen molar-refractivity contribution in [3.63, 3.8) is 0 Å². The molecule has 5 nitrogen and oxygen atoms in total. The van der Waals surface area contributed by atoms with Crippen molar-refractivity contribution in [1.82, 2.24) is 4.90 Å². The van der Waals surface area contributed by atoms with Gasteiger partial charge in [0.25, 0.3) is 5.91 Å². The van der Waals surface area contributed by atoms with Gasteiger partial charge in [0.2, 0.25) is 0 Å². The molecule has 1 amide bonds. The molecule has 0 saturated carbocycles. The molecule has 2 aliphatic heterocycles. The third-order valence-electron chi connectivity index (χ3n) is 6.90. The maximum absolute atomic E-state index is 13.3. The molecular formula is C27H28F3N3O2. The Kier molecular flexibility index (Phi) is 6.32. The summed E-state index contributed by atoms with van der Waals surface area (Å²) in [5.41, 5.74) is 3.62. The van der Waals surface area contributed by atoms with Crippen LogP contribution in [0, 0.1) is 0 Å². The van der Waals surface area contributed by atoms with Crippen LogP contribution in [0.4, 0.5) is 24.5 Å². The topological polar surface area (TPSA) is 36.0 Å². The second kappa shape index (κ2) is 9.41. The zero-order chi connectivity index (χ0) is 24.6. The molecule has 0 bridgehead atoms. The van der Waals surface area contributed by atoms with Crippen LogP contribution >= 0.6 is 0 Å². The van der Waals surface area contributed by atoms with Crippen molar-refractivity contribution in [3.05, 3.63) is 65.7 Å². The average Bonchev–Trinajstić information content (AvgIpc) is 3.00. The van der Waals surface area contributed by atoms with Crippen molar-refractivity contribution in [3.8, 4) is 5.75 Å². The fraction of sp³-hybridized carbons (Fsp3) is 0.370. The van der Waals surface area contributed by atoms with Gasteiger partial charge in [0.05, 0.1) is 25.8 Å². The van der Waals surface area contributed by atoms with Crippen molar-refractivity contribution >= 4 is 28.1 Å². The Balaban J connectivity index is 1.39. The maximum Gasteiger partial charge on any atom is 0.390 e. The number of carbonyl (C=O) groups is 1. The van der Waals surface area contributed by atoms with Crippen LogP contribution in [-0.2, 0) is 6.54 Å². The highest BCUT2D eigenvalue weighted by molar-refractivity contribution is 6.26. The monoisotopic (exact) mass is 483 g/mol. The number of alkyl halides is 3. The van der Waals surface area contributed by atoms with Crippen molar-refractivity contribution in [2.75, 3.05) is 49.6 Å². The van der Waals surface area contributed by atoms with E-state index in [0.717, 1.165) is 46.4 Å². The molecule has 1 saturated heterocycles. The second-order valence-corrected chi connectivity index (χ2v) is 9.12. The van der Waals surface area contributed by atoms with E-state index in [0.29, 0.717) is 31.7 Å². The van der Waals surface area contributed by atoms with Crippen LogP contribution in [0.5, 0.6) is 5.75 Å². The van der Waals surface area contributed by atoms with Crippen LogP contribution in [0.3, 0.4) is 0 Å². The maximum atomic E-state index is 13.3. The van der Waals surface area contributed by atoms with E-state index >= 15 is 0 Å². The van der Waals surface area contributed by atoms with Gasteiger partial charge in [-0.2, -0.15) is 13.2 Å². The molecule has 0 radical (unpaired) electrons. The lowest BCUT2D eigenvalue weighted by molar-refractivity contribution is -0.137. The molecule has 0 atom stereocenters. The molecule has 2 heterocycles. The third kappa shape index (κ3) is 4.80. The van der Waals surface area contributed by atoms with E-state index in [2.05, 4.69) is 4.90 Å². The van der Waals surface area contributed by atoms with Crippen molar-refractivity contribution in [2.45, 2.75) is 25.6 Å². The van der Waals surface area contributed by atoms with E-state index in [4.69, 9.17) is 4.74 Å². The molecular weight excluding hydrogens is 455 g/mol. The summed E-state index contributed by atoms with van der Waals surface area (Å²) in [6.07, 6.45) is -4.11. The van der Waals surface area contributed by atoms with Gasteiger partial charge in [-0.15, -0.1) is 0 Å². The van der Waals surface area contributed by atoms with Gasteiger partial charge >= 0.3 is 6.18 Å². The van der Waals surface area contributed by atoms with E-state index in [1.54, 1.807) is 7.11 Å². The summed E-state index contributed by atoms with van der Waals surface area (Å²) in [5, 5.41) is 1.95. The summed E-state index contributed by atoms with van der Waals surface area (Å²) < 4.78 is 43.2. The molecule has 35 heavy (non-hydrogen) atoms. The zero-order valence-electron chi connectivity index (χ0n) is 19.6. The van der Waals surface area contributed by atoms with Crippen LogP contribution < -0.4 is 14.5 Å². The molecule has 0 aliphatic carbocycles. The first-order valence-electron chi connectivity index (χ1n) is 11.9. The van der Waals surface area contributed by atoms with Crippen LogP contribution in [0.2, 0.25) is 0 Å². The van der Waals surface area contributed by atoms with Crippen LogP contribution in [-0.4, -0.2) is 56.8 Å². The number of methoxy groups -OCH3 is 1. The van der Waals surface area contributed by atoms with Gasteiger partial charge in [-0.3, -0.25) is 4.79 Å². The molecule has 0 spiro atoms. The predicted molar refractivity (Wildman–Crippen MR) is 131 cm³/mol. The standard InChI is InChI=1S/C27H28F3N3O2/c1-35-20-8-6-19(7-9-20)18-33-24-11-10-23(21-4-2-5-22(25(21)24)26(33)34)32-14-3-13-31(16-17-32)15-12-27(28,29)30/h2,4-11H,3,12-18H2,1H3. The molecule has 1 fully saturated rings. The molecule has 3 aromatic carbocycles. The lowest BCUT2D eigenvalue weighted by Crippen LogP contribution is -2.33. The van der Waals surface area contributed by atoms with Gasteiger partial charge in [-0.1, -0.05) is 24.3 Å². The number of hydrogen-bond acceptors (Lipinski definition) is 4. The number of amides is 1. The number of ether oxygens (including phenoxy) is 1. The van der Waals surface area contributed by atoms with Gasteiger partial charge in [0.1, 0.15) is 5.75 Å². The van der Waals surface area contributed by atoms with Gasteiger partial charge in [-0.25, -0.2) is 0 Å². The molecule has 0 unspecified atom stereocenters. The minimum absolute atomic E-state index is 0.0206. The molecule has 2 aliphatic rings. The minimum Gasteiger partial charge on any atom is -0.497 e. The SMILES string of the molecule is COc1ccc(CN2C(=O)c3cccc4c(N5CCCN(CCC(F)(F)F)CC5)ccc2c34)cc1. The highest BCUT2D eigenvalue weighted by atomic mass is 19.4. The minimum atomic E-state index is -4.13. The van der Waals surface area contributed by atoms with Crippen molar-refractivity contribution < 1.29 is 22.7 Å². The number of hydrogen-bond donors (Lipinski definition) is 0. The Morgan fingerprint density at radius 2 is 1.69 bits per heavy atom. The third-order valence-corrected chi connectivity index (χ3v) is 6.90. The van der Waals surface area contributed by atoms with Crippen LogP contribution in [0.15, 0.2) is 54.6 Å². The van der Waals surface area contributed by atoms with Gasteiger partial charge in [0, 0.05) is 48.2 Å². The fourth-order valence-electron chi connectivity index (χ4n) is 5.10. The Morgan fingerprint density at radius 1 is 0.914 bits per heavy atom. The summed E-state index contributed by atoms with van der Waals surface area (Å²) >= 11 is 0. The molecule has 184 valence electrons. The Bertz CT molecular complexity index is 1230. The van der Waals surface area contributed by atoms with E-state index in [-0.39, 0.29) is 12.5 Å². The first kappa shape index (κ1) is 23.5. The van der Waals surface area contributed by atoms with E-state index in [1.807, 2.05) is 64.4 Å². The molecule has 5 rings (SSSR count). The van der Waals surface area contributed by atoms with E-state index in [1.165, 1.54) is 0 Å². The summed E-state index contributed by atoms with van der Waals surface area (Å²) in [7, 11) is 1.62. The average molecular weight is 484 g/mol. The number of anilines is 2. The summed E-state index contributed by atoms with van der Waals surface area (Å²) in [5.74, 6) is 0.749. The van der Waals surface area contributed by atoms with Gasteiger partial charge < -0.3 is 19.4 Å². The smallest absolute Gasteiger partial charge is 0.390 e. The van der Waals surface area contributed by atoms with Crippen molar-refractivity contribution in [1.29, 1.82) is 0 Å². The Morgan fingerprint density at radius 3 is 2.43 bits per heavy atom. The van der Waals surface area contributed by atoms with Crippen LogP contribution in [0.1, 0.15) is 28.8 Å². The normalized spacial score (nSPS) is 16.7. The number of benzene rings is 3. The largest absolute Gasteiger partial charge is 0.497 e. The number of nitrogens with zero attached hydrogens (tertiary/aromatic N) is 3. The highest BCUT2D eigenvalue weighted by Gasteiger charge is 2.32. The first-order valence-corrected chi connectivity index (χ1v) is 11.9. The summed E-state index contributed by atoms with van der Waals surface area (Å²) in [4.78, 5) is 19.3. The number of rotatable bonds is 6. The van der Waals surface area contributed by atoms with E-state index in [9.17, 15) is 18.0 Å². The van der Waals surface area contributed by atoms with E-state index < -0.39 is 12.6 Å². The highest BCUT2D eigenvalue weighted by Crippen LogP contribution is 2.42. The summed E-state index contributed by atoms with van der Waals surface area (Å²) in [6, 6.07) is 17.6. The lowest BCUT2D eigenvalue weighted by Gasteiger charge is -2.26. The Hall–Kier alpha value is -3.26. The number of halogens is 3.